The molecule has 2 nitrogen and oxygen atoms in total. The molecule has 3 heteroatoms. The number of hydrogen-bond acceptors (Lipinski definition) is 3. The van der Waals surface area contributed by atoms with Gasteiger partial charge in [-0.25, -0.2) is 0 Å². The average Bonchev–Trinajstić information content (AvgIpc) is 3.52. The Morgan fingerprint density at radius 2 is 0.745 bits per heavy atom. The van der Waals surface area contributed by atoms with Crippen molar-refractivity contribution in [1.29, 1.82) is 0 Å². The van der Waals surface area contributed by atoms with Crippen molar-refractivity contribution in [3.63, 3.8) is 0 Å². The lowest BCUT2D eigenvalue weighted by Crippen LogP contribution is -2.12. The summed E-state index contributed by atoms with van der Waals surface area (Å²) in [5, 5.41) is 7.67. The zero-order valence-corrected chi connectivity index (χ0v) is 30.1. The standard InChI is InChI=1S/C48H38N2S/c1-31-15-13-19-35(27-31)49(41-25-11-5-17-33(41)3)43-29-45-47(39-23-9-7-21-37(39)43)48-40-24-10-8-22-38(40)44(30-46(48)51-45)50(36-20-14-16-32(2)28-36)42-26-12-6-18-34(42)4/h5-30H,1-4H3. The zero-order chi connectivity index (χ0) is 34.6. The molecule has 0 spiro atoms. The second kappa shape index (κ2) is 12.5. The lowest BCUT2D eigenvalue weighted by Gasteiger charge is -2.29. The Bertz CT molecular complexity index is 2580. The van der Waals surface area contributed by atoms with Crippen molar-refractivity contribution in [1.82, 2.24) is 0 Å². The highest BCUT2D eigenvalue weighted by Gasteiger charge is 2.24. The van der Waals surface area contributed by atoms with Crippen LogP contribution in [0, 0.1) is 27.7 Å². The summed E-state index contributed by atoms with van der Waals surface area (Å²) < 4.78 is 2.57. The van der Waals surface area contributed by atoms with Gasteiger partial charge in [0.05, 0.1) is 11.4 Å². The number of benzene rings is 8. The van der Waals surface area contributed by atoms with E-state index >= 15 is 0 Å². The molecule has 9 aromatic rings. The van der Waals surface area contributed by atoms with Crippen LogP contribution in [0.3, 0.4) is 0 Å². The number of para-hydroxylation sites is 2. The molecule has 9 rings (SSSR count). The molecule has 0 aliphatic carbocycles. The van der Waals surface area contributed by atoms with E-state index in [1.807, 2.05) is 11.3 Å². The summed E-state index contributed by atoms with van der Waals surface area (Å²) >= 11 is 1.90. The highest BCUT2D eigenvalue weighted by atomic mass is 32.1. The molecule has 0 unspecified atom stereocenters. The molecule has 0 fully saturated rings. The summed E-state index contributed by atoms with van der Waals surface area (Å²) in [7, 11) is 0. The first-order valence-corrected chi connectivity index (χ1v) is 18.4. The molecule has 246 valence electrons. The number of thiophene rings is 1. The predicted molar refractivity (Wildman–Crippen MR) is 223 cm³/mol. The van der Waals surface area contributed by atoms with Crippen molar-refractivity contribution < 1.29 is 0 Å². The number of hydrogen-bond donors (Lipinski definition) is 0. The van der Waals surface area contributed by atoms with Gasteiger partial charge in [-0.3, -0.25) is 0 Å². The molecule has 0 atom stereocenters. The maximum Gasteiger partial charge on any atom is 0.0554 e. The predicted octanol–water partition coefficient (Wildman–Crippen LogP) is 14.5. The lowest BCUT2D eigenvalue weighted by molar-refractivity contribution is 1.25. The van der Waals surface area contributed by atoms with E-state index in [1.54, 1.807) is 0 Å². The molecule has 1 heterocycles. The van der Waals surface area contributed by atoms with Gasteiger partial charge >= 0.3 is 0 Å². The molecule has 0 N–H and O–H groups in total. The average molecular weight is 675 g/mol. The largest absolute Gasteiger partial charge is 0.310 e. The van der Waals surface area contributed by atoms with Crippen LogP contribution < -0.4 is 9.80 Å². The van der Waals surface area contributed by atoms with Crippen molar-refractivity contribution in [3.05, 3.63) is 180 Å². The van der Waals surface area contributed by atoms with Crippen LogP contribution in [0.4, 0.5) is 34.1 Å². The topological polar surface area (TPSA) is 6.48 Å². The van der Waals surface area contributed by atoms with E-state index in [9.17, 15) is 0 Å². The Morgan fingerprint density at radius 3 is 1.16 bits per heavy atom. The van der Waals surface area contributed by atoms with Crippen molar-refractivity contribution in [2.45, 2.75) is 27.7 Å². The fraction of sp³-hybridized carbons (Fsp3) is 0.0833. The van der Waals surface area contributed by atoms with Gasteiger partial charge in [0, 0.05) is 53.7 Å². The van der Waals surface area contributed by atoms with Gasteiger partial charge in [0.25, 0.3) is 0 Å². The highest BCUT2D eigenvalue weighted by Crippen LogP contribution is 2.51. The maximum atomic E-state index is 2.45. The Labute approximate surface area is 303 Å². The van der Waals surface area contributed by atoms with E-state index in [0.29, 0.717) is 0 Å². The van der Waals surface area contributed by atoms with Crippen molar-refractivity contribution >= 4 is 87.2 Å². The number of anilines is 6. The molecule has 1 aromatic heterocycles. The van der Waals surface area contributed by atoms with Gasteiger partial charge in [-0.1, -0.05) is 109 Å². The summed E-state index contributed by atoms with van der Waals surface area (Å²) in [4.78, 5) is 4.91. The van der Waals surface area contributed by atoms with Crippen LogP contribution in [0.1, 0.15) is 22.3 Å². The minimum Gasteiger partial charge on any atom is -0.310 e. The van der Waals surface area contributed by atoms with Crippen LogP contribution in [-0.2, 0) is 0 Å². The lowest BCUT2D eigenvalue weighted by atomic mass is 9.96. The van der Waals surface area contributed by atoms with Gasteiger partial charge in [0.1, 0.15) is 0 Å². The third-order valence-electron chi connectivity index (χ3n) is 10.2. The van der Waals surface area contributed by atoms with E-state index in [4.69, 9.17) is 0 Å². The SMILES string of the molecule is Cc1cccc(N(c2ccccc2C)c2cc3sc4cc(N(c5cccc(C)c5)c5ccccc5C)c5ccccc5c4c3c3ccccc23)c1. The minimum atomic E-state index is 1.16. The molecular formula is C48H38N2S. The van der Waals surface area contributed by atoms with Crippen molar-refractivity contribution in [2.24, 2.45) is 0 Å². The second-order valence-electron chi connectivity index (χ2n) is 13.7. The van der Waals surface area contributed by atoms with E-state index in [0.717, 1.165) is 11.4 Å². The van der Waals surface area contributed by atoms with Crippen LogP contribution >= 0.6 is 11.3 Å². The Kier molecular flexibility index (Phi) is 7.60. The van der Waals surface area contributed by atoms with Gasteiger partial charge in [0.2, 0.25) is 0 Å². The Balaban J connectivity index is 1.38. The third kappa shape index (κ3) is 5.24. The smallest absolute Gasteiger partial charge is 0.0554 e. The molecule has 0 saturated heterocycles. The highest BCUT2D eigenvalue weighted by molar-refractivity contribution is 7.26. The van der Waals surface area contributed by atoms with E-state index in [1.165, 1.54) is 86.7 Å². The normalized spacial score (nSPS) is 11.5. The fourth-order valence-electron chi connectivity index (χ4n) is 7.81. The third-order valence-corrected chi connectivity index (χ3v) is 11.2. The van der Waals surface area contributed by atoms with E-state index in [-0.39, 0.29) is 0 Å². The van der Waals surface area contributed by atoms with Gasteiger partial charge in [-0.05, 0) is 109 Å². The molecule has 0 saturated carbocycles. The Hall–Kier alpha value is -5.90. The van der Waals surface area contributed by atoms with Crippen LogP contribution in [0.5, 0.6) is 0 Å². The van der Waals surface area contributed by atoms with Crippen LogP contribution in [0.25, 0.3) is 41.7 Å². The van der Waals surface area contributed by atoms with Gasteiger partial charge < -0.3 is 9.80 Å². The van der Waals surface area contributed by atoms with Crippen LogP contribution in [0.2, 0.25) is 0 Å². The zero-order valence-electron chi connectivity index (χ0n) is 29.3. The minimum absolute atomic E-state index is 1.16. The quantitative estimate of drug-likeness (QED) is 0.173. The van der Waals surface area contributed by atoms with E-state index < -0.39 is 0 Å². The summed E-state index contributed by atoms with van der Waals surface area (Å²) in [6.07, 6.45) is 0. The molecular weight excluding hydrogens is 637 g/mol. The molecule has 51 heavy (non-hydrogen) atoms. The fourth-order valence-corrected chi connectivity index (χ4v) is 9.01. The summed E-state index contributed by atoms with van der Waals surface area (Å²) in [6, 6.07) is 58.0. The first-order chi connectivity index (χ1) is 25.0. The van der Waals surface area contributed by atoms with Gasteiger partial charge in [-0.15, -0.1) is 11.3 Å². The summed E-state index contributed by atoms with van der Waals surface area (Å²) in [5.74, 6) is 0. The second-order valence-corrected chi connectivity index (χ2v) is 14.7. The van der Waals surface area contributed by atoms with E-state index in [2.05, 4.69) is 195 Å². The first-order valence-electron chi connectivity index (χ1n) is 17.6. The van der Waals surface area contributed by atoms with Gasteiger partial charge in [0.15, 0.2) is 0 Å². The maximum absolute atomic E-state index is 2.45. The monoisotopic (exact) mass is 674 g/mol. The molecule has 0 aliphatic rings. The molecule has 0 radical (unpaired) electrons. The molecule has 0 aliphatic heterocycles. The summed E-state index contributed by atoms with van der Waals surface area (Å²) in [6.45, 7) is 8.76. The number of fused-ring (bicyclic) bond motifs is 7. The number of rotatable bonds is 6. The first kappa shape index (κ1) is 31.1. The molecule has 0 amide bonds. The van der Waals surface area contributed by atoms with Crippen molar-refractivity contribution in [2.75, 3.05) is 9.80 Å². The van der Waals surface area contributed by atoms with Crippen LogP contribution in [0.15, 0.2) is 158 Å². The molecule has 8 aromatic carbocycles. The summed E-state index contributed by atoms with van der Waals surface area (Å²) in [5.41, 5.74) is 12.0. The number of aryl methyl sites for hydroxylation is 4. The molecule has 0 bridgehead atoms. The van der Waals surface area contributed by atoms with Crippen molar-refractivity contribution in [3.8, 4) is 0 Å². The van der Waals surface area contributed by atoms with Gasteiger partial charge in [-0.2, -0.15) is 0 Å². The Morgan fingerprint density at radius 1 is 0.353 bits per heavy atom. The van der Waals surface area contributed by atoms with Crippen LogP contribution in [-0.4, -0.2) is 0 Å². The number of nitrogens with zero attached hydrogens (tertiary/aromatic N) is 2.